The van der Waals surface area contributed by atoms with Crippen molar-refractivity contribution in [1.82, 2.24) is 15.6 Å². The molecule has 19 heavy (non-hydrogen) atoms. The van der Waals surface area contributed by atoms with Gasteiger partial charge in [0.1, 0.15) is 5.76 Å². The molecule has 0 radical (unpaired) electrons. The van der Waals surface area contributed by atoms with E-state index in [1.807, 2.05) is 13.8 Å². The minimum Gasteiger partial charge on any atom is -0.444 e. The minimum absolute atomic E-state index is 0.489. The highest BCUT2D eigenvalue weighted by Gasteiger charge is 2.15. The highest BCUT2D eigenvalue weighted by Crippen LogP contribution is 2.13. The van der Waals surface area contributed by atoms with E-state index < -0.39 is 0 Å². The second-order valence-corrected chi connectivity index (χ2v) is 5.77. The van der Waals surface area contributed by atoms with Crippen LogP contribution in [0, 0.1) is 13.8 Å². The smallest absolute Gasteiger partial charge is 0.208 e. The van der Waals surface area contributed by atoms with Crippen LogP contribution in [0.25, 0.3) is 0 Å². The summed E-state index contributed by atoms with van der Waals surface area (Å²) in [7, 11) is 0. The molecule has 1 aromatic rings. The Hall–Kier alpha value is -0.870. The number of rotatable bonds is 5. The van der Waals surface area contributed by atoms with E-state index in [1.165, 1.54) is 38.6 Å². The van der Waals surface area contributed by atoms with Gasteiger partial charge in [0.25, 0.3) is 0 Å². The normalized spacial score (nSPS) is 22.2. The standard InChI is InChI=1S/C15H27N3O/c1-11(9-14-7-5-4-6-8-16-14)17-10-15-18-12(2)13(3)19-15/h11,14,16-17H,4-10H2,1-3H3. The maximum atomic E-state index is 5.59. The fraction of sp³-hybridized carbons (Fsp3) is 0.800. The minimum atomic E-state index is 0.489. The van der Waals surface area contributed by atoms with Crippen LogP contribution in [-0.4, -0.2) is 23.6 Å². The summed E-state index contributed by atoms with van der Waals surface area (Å²) in [5.74, 6) is 1.73. The van der Waals surface area contributed by atoms with Crippen molar-refractivity contribution in [3.63, 3.8) is 0 Å². The molecule has 2 N–H and O–H groups in total. The van der Waals surface area contributed by atoms with Gasteiger partial charge < -0.3 is 15.1 Å². The summed E-state index contributed by atoms with van der Waals surface area (Å²) in [6, 6.07) is 1.15. The van der Waals surface area contributed by atoms with Crippen molar-refractivity contribution < 1.29 is 4.42 Å². The largest absolute Gasteiger partial charge is 0.444 e. The number of oxazole rings is 1. The first kappa shape index (κ1) is 14.5. The lowest BCUT2D eigenvalue weighted by molar-refractivity contribution is 0.378. The van der Waals surface area contributed by atoms with Crippen LogP contribution in [0.4, 0.5) is 0 Å². The van der Waals surface area contributed by atoms with Gasteiger partial charge in [-0.25, -0.2) is 4.98 Å². The van der Waals surface area contributed by atoms with Crippen molar-refractivity contribution >= 4 is 0 Å². The summed E-state index contributed by atoms with van der Waals surface area (Å²) in [4.78, 5) is 4.40. The third-order valence-electron chi connectivity index (χ3n) is 3.98. The third-order valence-corrected chi connectivity index (χ3v) is 3.98. The van der Waals surface area contributed by atoms with E-state index in [0.29, 0.717) is 12.1 Å². The molecule has 0 aliphatic carbocycles. The molecule has 2 unspecified atom stereocenters. The zero-order valence-corrected chi connectivity index (χ0v) is 12.5. The van der Waals surface area contributed by atoms with Gasteiger partial charge in [-0.1, -0.05) is 12.8 Å². The van der Waals surface area contributed by atoms with Crippen molar-refractivity contribution in [1.29, 1.82) is 0 Å². The van der Waals surface area contributed by atoms with Crippen LogP contribution in [0.2, 0.25) is 0 Å². The number of hydrogen-bond acceptors (Lipinski definition) is 4. The molecule has 1 aliphatic heterocycles. The zero-order chi connectivity index (χ0) is 13.7. The van der Waals surface area contributed by atoms with E-state index >= 15 is 0 Å². The fourth-order valence-corrected chi connectivity index (χ4v) is 2.69. The predicted octanol–water partition coefficient (Wildman–Crippen LogP) is 2.69. The molecular formula is C15H27N3O. The first-order valence-corrected chi connectivity index (χ1v) is 7.55. The van der Waals surface area contributed by atoms with Gasteiger partial charge in [0.05, 0.1) is 12.2 Å². The van der Waals surface area contributed by atoms with E-state index in [9.17, 15) is 0 Å². The molecule has 1 saturated heterocycles. The van der Waals surface area contributed by atoms with Crippen LogP contribution < -0.4 is 10.6 Å². The number of nitrogens with zero attached hydrogens (tertiary/aromatic N) is 1. The van der Waals surface area contributed by atoms with Gasteiger partial charge in [0, 0.05) is 12.1 Å². The van der Waals surface area contributed by atoms with Crippen LogP contribution in [0.15, 0.2) is 4.42 Å². The van der Waals surface area contributed by atoms with Crippen molar-refractivity contribution in [2.45, 2.75) is 71.5 Å². The van der Waals surface area contributed by atoms with Crippen LogP contribution in [-0.2, 0) is 6.54 Å². The Morgan fingerprint density at radius 3 is 2.95 bits per heavy atom. The molecule has 0 spiro atoms. The average Bonchev–Trinajstić information content (AvgIpc) is 2.58. The Balaban J connectivity index is 1.72. The highest BCUT2D eigenvalue weighted by molar-refractivity contribution is 5.05. The lowest BCUT2D eigenvalue weighted by Crippen LogP contribution is -2.36. The van der Waals surface area contributed by atoms with E-state index in [0.717, 1.165) is 23.9 Å². The lowest BCUT2D eigenvalue weighted by Gasteiger charge is -2.20. The Bertz CT molecular complexity index is 361. The summed E-state index contributed by atoms with van der Waals surface area (Å²) in [5, 5.41) is 7.16. The lowest BCUT2D eigenvalue weighted by atomic mass is 10.0. The molecule has 0 bridgehead atoms. The predicted molar refractivity (Wildman–Crippen MR) is 77.2 cm³/mol. The molecule has 1 fully saturated rings. The first-order valence-electron chi connectivity index (χ1n) is 7.55. The summed E-state index contributed by atoms with van der Waals surface area (Å²) < 4.78 is 5.59. The number of hydrogen-bond donors (Lipinski definition) is 2. The Morgan fingerprint density at radius 1 is 1.37 bits per heavy atom. The number of nitrogens with one attached hydrogen (secondary N) is 2. The second kappa shape index (κ2) is 7.06. The molecule has 2 rings (SSSR count). The maximum Gasteiger partial charge on any atom is 0.208 e. The number of aryl methyl sites for hydroxylation is 2. The molecule has 0 saturated carbocycles. The van der Waals surface area contributed by atoms with Gasteiger partial charge in [-0.05, 0) is 46.6 Å². The summed E-state index contributed by atoms with van der Waals surface area (Å²) in [6.07, 6.45) is 6.55. The monoisotopic (exact) mass is 265 g/mol. The number of aromatic nitrogens is 1. The Labute approximate surface area is 116 Å². The zero-order valence-electron chi connectivity index (χ0n) is 12.5. The molecule has 4 heteroatoms. The van der Waals surface area contributed by atoms with E-state index in [1.54, 1.807) is 0 Å². The van der Waals surface area contributed by atoms with Gasteiger partial charge in [0.2, 0.25) is 5.89 Å². The molecular weight excluding hydrogens is 238 g/mol. The average molecular weight is 265 g/mol. The SMILES string of the molecule is Cc1nc(CNC(C)CC2CCCCCN2)oc1C. The molecule has 4 nitrogen and oxygen atoms in total. The second-order valence-electron chi connectivity index (χ2n) is 5.77. The fourth-order valence-electron chi connectivity index (χ4n) is 2.69. The van der Waals surface area contributed by atoms with Crippen molar-refractivity contribution in [3.05, 3.63) is 17.3 Å². The topological polar surface area (TPSA) is 50.1 Å². The molecule has 2 heterocycles. The van der Waals surface area contributed by atoms with Crippen LogP contribution in [0.5, 0.6) is 0 Å². The third kappa shape index (κ3) is 4.62. The van der Waals surface area contributed by atoms with Crippen LogP contribution in [0.3, 0.4) is 0 Å². The summed E-state index contributed by atoms with van der Waals surface area (Å²) in [5.41, 5.74) is 0.995. The first-order chi connectivity index (χ1) is 9.15. The van der Waals surface area contributed by atoms with Crippen molar-refractivity contribution in [2.24, 2.45) is 0 Å². The van der Waals surface area contributed by atoms with Gasteiger partial charge >= 0.3 is 0 Å². The molecule has 1 aliphatic rings. The van der Waals surface area contributed by atoms with E-state index in [4.69, 9.17) is 4.42 Å². The molecule has 1 aromatic heterocycles. The maximum absolute atomic E-state index is 5.59. The molecule has 108 valence electrons. The van der Waals surface area contributed by atoms with E-state index in [2.05, 4.69) is 22.5 Å². The quantitative estimate of drug-likeness (QED) is 0.859. The Morgan fingerprint density at radius 2 is 2.21 bits per heavy atom. The van der Waals surface area contributed by atoms with Gasteiger partial charge in [-0.15, -0.1) is 0 Å². The van der Waals surface area contributed by atoms with Crippen molar-refractivity contribution in [2.75, 3.05) is 6.54 Å². The van der Waals surface area contributed by atoms with E-state index in [-0.39, 0.29) is 0 Å². The Kier molecular flexibility index (Phi) is 5.40. The summed E-state index contributed by atoms with van der Waals surface area (Å²) in [6.45, 7) is 8.10. The molecule has 0 aromatic carbocycles. The summed E-state index contributed by atoms with van der Waals surface area (Å²) >= 11 is 0. The van der Waals surface area contributed by atoms with Gasteiger partial charge in [-0.3, -0.25) is 0 Å². The molecule has 0 amide bonds. The van der Waals surface area contributed by atoms with Crippen molar-refractivity contribution in [3.8, 4) is 0 Å². The molecule has 2 atom stereocenters. The van der Waals surface area contributed by atoms with Gasteiger partial charge in [-0.2, -0.15) is 0 Å². The van der Waals surface area contributed by atoms with Gasteiger partial charge in [0.15, 0.2) is 0 Å². The highest BCUT2D eigenvalue weighted by atomic mass is 16.4. The van der Waals surface area contributed by atoms with Crippen LogP contribution in [0.1, 0.15) is 56.4 Å². The van der Waals surface area contributed by atoms with Crippen LogP contribution >= 0.6 is 0 Å².